The van der Waals surface area contributed by atoms with Crippen LogP contribution in [0.1, 0.15) is 37.3 Å². The quantitative estimate of drug-likeness (QED) is 0.879. The summed E-state index contributed by atoms with van der Waals surface area (Å²) in [7, 11) is 0. The van der Waals surface area contributed by atoms with E-state index in [4.69, 9.17) is 15.2 Å². The molecule has 1 spiro atoms. The summed E-state index contributed by atoms with van der Waals surface area (Å²) in [6, 6.07) is 5.05. The number of hydrogen-bond acceptors (Lipinski definition) is 3. The van der Waals surface area contributed by atoms with Crippen LogP contribution in [-0.4, -0.2) is 25.4 Å². The van der Waals surface area contributed by atoms with E-state index in [9.17, 15) is 4.39 Å². The van der Waals surface area contributed by atoms with E-state index in [0.717, 1.165) is 38.9 Å². The number of halogens is 2. The molecule has 3 nitrogen and oxygen atoms in total. The molecule has 2 N–H and O–H groups in total. The lowest BCUT2D eigenvalue weighted by molar-refractivity contribution is -0.149. The molecule has 1 aromatic rings. The van der Waals surface area contributed by atoms with Crippen molar-refractivity contribution in [3.05, 3.63) is 34.1 Å². The molecule has 2 aliphatic rings. The first kappa shape index (κ1) is 15.4. The molecule has 2 unspecified atom stereocenters. The summed E-state index contributed by atoms with van der Waals surface area (Å²) in [6.07, 6.45) is 3.60. The molecular formula is C16H21BrFNO2. The summed E-state index contributed by atoms with van der Waals surface area (Å²) < 4.78 is 26.2. The lowest BCUT2D eigenvalue weighted by Crippen LogP contribution is -2.46. The van der Waals surface area contributed by atoms with Crippen LogP contribution in [0, 0.1) is 11.7 Å². The normalized spacial score (nSPS) is 26.7. The third kappa shape index (κ3) is 3.16. The smallest absolute Gasteiger partial charge is 0.142 e. The second-order valence-electron chi connectivity index (χ2n) is 6.07. The highest BCUT2D eigenvalue weighted by Crippen LogP contribution is 2.41. The molecule has 2 heterocycles. The van der Waals surface area contributed by atoms with E-state index in [1.807, 2.05) is 6.07 Å². The maximum Gasteiger partial charge on any atom is 0.142 e. The van der Waals surface area contributed by atoms with E-state index < -0.39 is 0 Å². The Hall–Kier alpha value is -0.490. The summed E-state index contributed by atoms with van der Waals surface area (Å²) in [5, 5.41) is 0. The van der Waals surface area contributed by atoms with Gasteiger partial charge in [0.15, 0.2) is 0 Å². The fourth-order valence-electron chi connectivity index (χ4n) is 3.50. The molecule has 2 saturated heterocycles. The largest absolute Gasteiger partial charge is 0.381 e. The fraction of sp³-hybridized carbons (Fsp3) is 0.625. The Kier molecular flexibility index (Phi) is 4.64. The molecule has 2 aliphatic heterocycles. The minimum absolute atomic E-state index is 0.110. The van der Waals surface area contributed by atoms with Crippen LogP contribution < -0.4 is 5.73 Å². The summed E-state index contributed by atoms with van der Waals surface area (Å²) >= 11 is 3.24. The summed E-state index contributed by atoms with van der Waals surface area (Å²) in [5.74, 6) is 0.0122. The first-order valence-electron chi connectivity index (χ1n) is 7.52. The Morgan fingerprint density at radius 2 is 2.05 bits per heavy atom. The van der Waals surface area contributed by atoms with Gasteiger partial charge in [0.25, 0.3) is 0 Å². The van der Waals surface area contributed by atoms with E-state index in [1.165, 1.54) is 0 Å². The minimum atomic E-state index is -0.286. The zero-order valence-corrected chi connectivity index (χ0v) is 13.6. The van der Waals surface area contributed by atoms with Crippen LogP contribution in [0.4, 0.5) is 4.39 Å². The number of nitrogens with two attached hydrogens (primary N) is 1. The first-order valence-corrected chi connectivity index (χ1v) is 8.32. The second-order valence-corrected chi connectivity index (χ2v) is 6.92. The van der Waals surface area contributed by atoms with Gasteiger partial charge in [0.05, 0.1) is 10.1 Å². The van der Waals surface area contributed by atoms with Crippen molar-refractivity contribution in [2.75, 3.05) is 19.8 Å². The van der Waals surface area contributed by atoms with Gasteiger partial charge in [-0.15, -0.1) is 0 Å². The molecule has 1 aromatic carbocycles. The number of rotatable bonds is 2. The SMILES string of the molecule is NC(c1cccc(Br)c1F)C1CCOC2(CCOCC2)C1. The van der Waals surface area contributed by atoms with Gasteiger partial charge in [-0.3, -0.25) is 0 Å². The van der Waals surface area contributed by atoms with Crippen molar-refractivity contribution in [3.63, 3.8) is 0 Å². The molecule has 3 rings (SSSR count). The number of benzene rings is 1. The molecule has 5 heteroatoms. The van der Waals surface area contributed by atoms with E-state index in [-0.39, 0.29) is 23.4 Å². The maximum atomic E-state index is 14.3. The number of hydrogen-bond donors (Lipinski definition) is 1. The average molecular weight is 358 g/mol. The highest BCUT2D eigenvalue weighted by atomic mass is 79.9. The molecule has 2 atom stereocenters. The van der Waals surface area contributed by atoms with E-state index in [2.05, 4.69) is 15.9 Å². The van der Waals surface area contributed by atoms with Crippen molar-refractivity contribution in [1.82, 2.24) is 0 Å². The van der Waals surface area contributed by atoms with Gasteiger partial charge in [0.1, 0.15) is 5.82 Å². The topological polar surface area (TPSA) is 44.5 Å². The van der Waals surface area contributed by atoms with Crippen molar-refractivity contribution in [2.24, 2.45) is 11.7 Å². The Labute approximate surface area is 133 Å². The van der Waals surface area contributed by atoms with Gasteiger partial charge in [0.2, 0.25) is 0 Å². The van der Waals surface area contributed by atoms with Crippen LogP contribution in [0.2, 0.25) is 0 Å². The average Bonchev–Trinajstić information content (AvgIpc) is 2.50. The molecule has 2 fully saturated rings. The first-order chi connectivity index (χ1) is 10.1. The molecule has 0 amide bonds. The summed E-state index contributed by atoms with van der Waals surface area (Å²) in [5.41, 5.74) is 6.87. The summed E-state index contributed by atoms with van der Waals surface area (Å²) in [4.78, 5) is 0. The Bertz CT molecular complexity index is 500. The van der Waals surface area contributed by atoms with Gasteiger partial charge in [-0.1, -0.05) is 12.1 Å². The zero-order chi connectivity index (χ0) is 14.9. The predicted molar refractivity (Wildman–Crippen MR) is 82.5 cm³/mol. The van der Waals surface area contributed by atoms with Crippen LogP contribution in [0.5, 0.6) is 0 Å². The van der Waals surface area contributed by atoms with Crippen molar-refractivity contribution in [1.29, 1.82) is 0 Å². The monoisotopic (exact) mass is 357 g/mol. The molecule has 21 heavy (non-hydrogen) atoms. The standard InChI is InChI=1S/C16H21BrFNO2/c17-13-3-1-2-12(14(13)18)15(19)11-4-7-21-16(10-11)5-8-20-9-6-16/h1-3,11,15H,4-10,19H2. The molecule has 0 aliphatic carbocycles. The lowest BCUT2D eigenvalue weighted by atomic mass is 9.76. The molecule has 116 valence electrons. The third-order valence-electron chi connectivity index (χ3n) is 4.78. The van der Waals surface area contributed by atoms with Crippen molar-refractivity contribution < 1.29 is 13.9 Å². The molecular weight excluding hydrogens is 337 g/mol. The van der Waals surface area contributed by atoms with Crippen LogP contribution in [0.3, 0.4) is 0 Å². The van der Waals surface area contributed by atoms with E-state index in [0.29, 0.717) is 16.6 Å². The van der Waals surface area contributed by atoms with Gasteiger partial charge < -0.3 is 15.2 Å². The molecule has 0 bridgehead atoms. The zero-order valence-electron chi connectivity index (χ0n) is 12.0. The van der Waals surface area contributed by atoms with Gasteiger partial charge in [-0.05, 0) is 53.6 Å². The van der Waals surface area contributed by atoms with Crippen LogP contribution in [-0.2, 0) is 9.47 Å². The van der Waals surface area contributed by atoms with E-state index >= 15 is 0 Å². The summed E-state index contributed by atoms with van der Waals surface area (Å²) in [6.45, 7) is 2.19. The van der Waals surface area contributed by atoms with Gasteiger partial charge in [-0.2, -0.15) is 0 Å². The maximum absolute atomic E-state index is 14.3. The Morgan fingerprint density at radius 3 is 2.81 bits per heavy atom. The number of ether oxygens (including phenoxy) is 2. The lowest BCUT2D eigenvalue weighted by Gasteiger charge is -2.44. The molecule has 0 saturated carbocycles. The molecule has 0 aromatic heterocycles. The van der Waals surface area contributed by atoms with Gasteiger partial charge in [0, 0.05) is 31.4 Å². The van der Waals surface area contributed by atoms with Crippen molar-refractivity contribution in [3.8, 4) is 0 Å². The van der Waals surface area contributed by atoms with Crippen LogP contribution in [0.25, 0.3) is 0 Å². The van der Waals surface area contributed by atoms with Crippen molar-refractivity contribution >= 4 is 15.9 Å². The fourth-order valence-corrected chi connectivity index (χ4v) is 3.88. The van der Waals surface area contributed by atoms with Crippen LogP contribution >= 0.6 is 15.9 Å². The highest BCUT2D eigenvalue weighted by Gasteiger charge is 2.41. The Balaban J connectivity index is 1.78. The minimum Gasteiger partial charge on any atom is -0.381 e. The van der Waals surface area contributed by atoms with Crippen molar-refractivity contribution in [2.45, 2.75) is 37.3 Å². The highest BCUT2D eigenvalue weighted by molar-refractivity contribution is 9.10. The van der Waals surface area contributed by atoms with Crippen LogP contribution in [0.15, 0.2) is 22.7 Å². The predicted octanol–water partition coefficient (Wildman–Crippen LogP) is 3.56. The third-order valence-corrected chi connectivity index (χ3v) is 5.40. The Morgan fingerprint density at radius 1 is 1.29 bits per heavy atom. The van der Waals surface area contributed by atoms with Gasteiger partial charge in [-0.25, -0.2) is 4.39 Å². The molecule has 0 radical (unpaired) electrons. The second kappa shape index (κ2) is 6.32. The van der Waals surface area contributed by atoms with Gasteiger partial charge >= 0.3 is 0 Å². The van der Waals surface area contributed by atoms with E-state index in [1.54, 1.807) is 12.1 Å².